The van der Waals surface area contributed by atoms with Crippen LogP contribution in [0.5, 0.6) is 0 Å². The minimum absolute atomic E-state index is 0.0281. The van der Waals surface area contributed by atoms with Crippen LogP contribution < -0.4 is 0 Å². The van der Waals surface area contributed by atoms with Crippen LogP contribution in [0.2, 0.25) is 0 Å². The number of hydrogen-bond donors (Lipinski definition) is 2. The third kappa shape index (κ3) is 1.44. The molecule has 1 saturated heterocycles. The average molecular weight is 270 g/mol. The van der Waals surface area contributed by atoms with Crippen molar-refractivity contribution in [3.63, 3.8) is 0 Å². The van der Waals surface area contributed by atoms with E-state index in [9.17, 15) is 10.2 Å². The monoisotopic (exact) mass is 270 g/mol. The molecule has 110 valence electrons. The van der Waals surface area contributed by atoms with Crippen molar-refractivity contribution in [2.45, 2.75) is 77.0 Å². The van der Waals surface area contributed by atoms with Gasteiger partial charge in [0.2, 0.25) is 0 Å². The predicted octanol–water partition coefficient (Wildman–Crippen LogP) is 1.83. The van der Waals surface area contributed by atoms with E-state index in [1.807, 2.05) is 13.8 Å². The SMILES string of the molecule is CC1(C)OC2CCC3(CO)CCC(O)C(C)(C)C23O1. The first kappa shape index (κ1) is 13.8. The summed E-state index contributed by atoms with van der Waals surface area (Å²) in [5.41, 5.74) is -1.26. The van der Waals surface area contributed by atoms with Gasteiger partial charge in [0.05, 0.1) is 18.8 Å². The van der Waals surface area contributed by atoms with Gasteiger partial charge in [-0.15, -0.1) is 0 Å². The summed E-state index contributed by atoms with van der Waals surface area (Å²) >= 11 is 0. The number of rotatable bonds is 1. The lowest BCUT2D eigenvalue weighted by Crippen LogP contribution is -2.67. The normalized spacial score (nSPS) is 50.8. The molecule has 0 aromatic rings. The summed E-state index contributed by atoms with van der Waals surface area (Å²) in [5.74, 6) is -0.639. The van der Waals surface area contributed by atoms with Crippen LogP contribution in [-0.2, 0) is 9.47 Å². The zero-order chi connectivity index (χ0) is 14.1. The second-order valence-electron chi connectivity index (χ2n) is 7.60. The van der Waals surface area contributed by atoms with Crippen molar-refractivity contribution in [1.29, 1.82) is 0 Å². The molecule has 0 bridgehead atoms. The van der Waals surface area contributed by atoms with Crippen LogP contribution in [0.1, 0.15) is 53.4 Å². The van der Waals surface area contributed by atoms with Crippen LogP contribution in [0.15, 0.2) is 0 Å². The van der Waals surface area contributed by atoms with E-state index in [2.05, 4.69) is 13.8 Å². The van der Waals surface area contributed by atoms with E-state index in [0.717, 1.165) is 25.7 Å². The van der Waals surface area contributed by atoms with Crippen LogP contribution in [0.4, 0.5) is 0 Å². The lowest BCUT2D eigenvalue weighted by Gasteiger charge is -2.58. The Hall–Kier alpha value is -0.160. The zero-order valence-corrected chi connectivity index (χ0v) is 12.4. The number of aliphatic hydroxyl groups is 2. The molecule has 2 saturated carbocycles. The molecule has 0 aromatic heterocycles. The standard InChI is InChI=1S/C15H26O4/c1-12(2)10(17)5-7-14(9-16)8-6-11-15(12,14)19-13(3,4)18-11/h10-11,16-17H,5-9H2,1-4H3. The van der Waals surface area contributed by atoms with Crippen LogP contribution in [-0.4, -0.2) is 40.4 Å². The molecule has 1 spiro atoms. The van der Waals surface area contributed by atoms with E-state index in [-0.39, 0.29) is 18.1 Å². The summed E-state index contributed by atoms with van der Waals surface area (Å²) in [5, 5.41) is 20.6. The highest BCUT2D eigenvalue weighted by molar-refractivity contribution is 5.23. The topological polar surface area (TPSA) is 58.9 Å². The van der Waals surface area contributed by atoms with Gasteiger partial charge in [-0.25, -0.2) is 0 Å². The van der Waals surface area contributed by atoms with Crippen molar-refractivity contribution < 1.29 is 19.7 Å². The van der Waals surface area contributed by atoms with Crippen molar-refractivity contribution in [2.24, 2.45) is 10.8 Å². The highest BCUT2D eigenvalue weighted by atomic mass is 16.8. The van der Waals surface area contributed by atoms with Gasteiger partial charge in [-0.05, 0) is 39.5 Å². The Kier molecular flexibility index (Phi) is 2.71. The zero-order valence-electron chi connectivity index (χ0n) is 12.4. The van der Waals surface area contributed by atoms with Gasteiger partial charge in [0.25, 0.3) is 0 Å². The van der Waals surface area contributed by atoms with Gasteiger partial charge in [-0.1, -0.05) is 13.8 Å². The van der Waals surface area contributed by atoms with Crippen molar-refractivity contribution in [2.75, 3.05) is 6.61 Å². The number of ether oxygens (including phenoxy) is 2. The third-order valence-electron chi connectivity index (χ3n) is 5.95. The molecule has 2 N–H and O–H groups in total. The second kappa shape index (κ2) is 3.73. The molecule has 0 radical (unpaired) electrons. The minimum atomic E-state index is -0.639. The first-order valence-corrected chi connectivity index (χ1v) is 7.38. The Morgan fingerprint density at radius 2 is 1.74 bits per heavy atom. The number of hydrogen-bond acceptors (Lipinski definition) is 4. The molecule has 0 aromatic carbocycles. The lowest BCUT2D eigenvalue weighted by molar-refractivity contribution is -0.268. The molecular weight excluding hydrogens is 244 g/mol. The average Bonchev–Trinajstić information content (AvgIpc) is 2.76. The van der Waals surface area contributed by atoms with Crippen LogP contribution >= 0.6 is 0 Å². The van der Waals surface area contributed by atoms with Gasteiger partial charge in [0, 0.05) is 10.8 Å². The fourth-order valence-electron chi connectivity index (χ4n) is 5.05. The Balaban J connectivity index is 2.15. The molecule has 4 atom stereocenters. The molecule has 0 amide bonds. The maximum Gasteiger partial charge on any atom is 0.164 e. The Labute approximate surface area is 115 Å². The summed E-state index contributed by atoms with van der Waals surface area (Å²) < 4.78 is 12.5. The van der Waals surface area contributed by atoms with E-state index in [4.69, 9.17) is 9.47 Å². The van der Waals surface area contributed by atoms with Gasteiger partial charge >= 0.3 is 0 Å². The van der Waals surface area contributed by atoms with Crippen molar-refractivity contribution in [3.05, 3.63) is 0 Å². The van der Waals surface area contributed by atoms with Gasteiger partial charge in [0.15, 0.2) is 5.79 Å². The molecule has 3 aliphatic rings. The molecule has 19 heavy (non-hydrogen) atoms. The maximum absolute atomic E-state index is 10.5. The van der Waals surface area contributed by atoms with Gasteiger partial charge in [-0.2, -0.15) is 0 Å². The lowest BCUT2D eigenvalue weighted by atomic mass is 9.52. The molecule has 4 heteroatoms. The first-order chi connectivity index (χ1) is 8.71. The third-order valence-corrected chi connectivity index (χ3v) is 5.95. The fraction of sp³-hybridized carbons (Fsp3) is 1.00. The predicted molar refractivity (Wildman–Crippen MR) is 70.5 cm³/mol. The Bertz CT molecular complexity index is 392. The fourth-order valence-corrected chi connectivity index (χ4v) is 5.05. The maximum atomic E-state index is 10.5. The number of aliphatic hydroxyl groups excluding tert-OH is 2. The van der Waals surface area contributed by atoms with Gasteiger partial charge in [-0.3, -0.25) is 0 Å². The van der Waals surface area contributed by atoms with E-state index < -0.39 is 22.9 Å². The highest BCUT2D eigenvalue weighted by Crippen LogP contribution is 2.68. The summed E-state index contributed by atoms with van der Waals surface area (Å²) in [6.07, 6.45) is 2.92. The molecular formula is C15H26O4. The van der Waals surface area contributed by atoms with Crippen molar-refractivity contribution in [1.82, 2.24) is 0 Å². The van der Waals surface area contributed by atoms with Crippen LogP contribution in [0.25, 0.3) is 0 Å². The second-order valence-corrected chi connectivity index (χ2v) is 7.60. The Morgan fingerprint density at radius 3 is 2.37 bits per heavy atom. The molecule has 4 unspecified atom stereocenters. The van der Waals surface area contributed by atoms with Crippen molar-refractivity contribution in [3.8, 4) is 0 Å². The van der Waals surface area contributed by atoms with E-state index in [1.54, 1.807) is 0 Å². The summed E-state index contributed by atoms with van der Waals surface area (Å²) in [7, 11) is 0. The molecule has 3 fully saturated rings. The Morgan fingerprint density at radius 1 is 1.11 bits per heavy atom. The van der Waals surface area contributed by atoms with E-state index >= 15 is 0 Å². The molecule has 1 heterocycles. The highest BCUT2D eigenvalue weighted by Gasteiger charge is 2.75. The van der Waals surface area contributed by atoms with E-state index in [1.165, 1.54) is 0 Å². The van der Waals surface area contributed by atoms with E-state index in [0.29, 0.717) is 0 Å². The van der Waals surface area contributed by atoms with Gasteiger partial charge < -0.3 is 19.7 Å². The summed E-state index contributed by atoms with van der Waals surface area (Å²) in [6, 6.07) is 0. The largest absolute Gasteiger partial charge is 0.396 e. The minimum Gasteiger partial charge on any atom is -0.396 e. The molecule has 2 aliphatic carbocycles. The first-order valence-electron chi connectivity index (χ1n) is 7.38. The summed E-state index contributed by atoms with van der Waals surface area (Å²) in [6.45, 7) is 8.09. The molecule has 3 rings (SSSR count). The quantitative estimate of drug-likeness (QED) is 0.763. The molecule has 1 aliphatic heterocycles. The van der Waals surface area contributed by atoms with Crippen molar-refractivity contribution >= 4 is 0 Å². The molecule has 4 nitrogen and oxygen atoms in total. The van der Waals surface area contributed by atoms with Crippen LogP contribution in [0, 0.1) is 10.8 Å². The summed E-state index contributed by atoms with van der Waals surface area (Å²) in [4.78, 5) is 0. The van der Waals surface area contributed by atoms with Crippen LogP contribution in [0.3, 0.4) is 0 Å². The smallest absolute Gasteiger partial charge is 0.164 e. The van der Waals surface area contributed by atoms with Gasteiger partial charge in [0.1, 0.15) is 5.60 Å².